The first-order valence-electron chi connectivity index (χ1n) is 14.2. The third-order valence-electron chi connectivity index (χ3n) is 5.68. The van der Waals surface area contributed by atoms with Gasteiger partial charge in [-0.15, -0.1) is 0 Å². The fourth-order valence-electron chi connectivity index (χ4n) is 3.52. The zero-order chi connectivity index (χ0) is 28.0. The first-order valence-corrected chi connectivity index (χ1v) is 14.2. The van der Waals surface area contributed by atoms with Crippen LogP contribution in [0.2, 0.25) is 0 Å². The lowest BCUT2D eigenvalue weighted by Crippen LogP contribution is -2.30. The van der Waals surface area contributed by atoms with Gasteiger partial charge >= 0.3 is 11.9 Å². The van der Waals surface area contributed by atoms with Crippen molar-refractivity contribution in [2.24, 2.45) is 11.5 Å². The van der Waals surface area contributed by atoms with Crippen molar-refractivity contribution >= 4 is 17.8 Å². The van der Waals surface area contributed by atoms with E-state index in [1.807, 2.05) is 0 Å². The first kappa shape index (κ1) is 38.9. The van der Waals surface area contributed by atoms with E-state index in [9.17, 15) is 14.4 Å². The lowest BCUT2D eigenvalue weighted by Gasteiger charge is -2.03. The summed E-state index contributed by atoms with van der Waals surface area (Å²) in [6, 6.07) is -1.06. The molecule has 8 nitrogen and oxygen atoms in total. The molecule has 0 aromatic rings. The van der Waals surface area contributed by atoms with Gasteiger partial charge in [-0.2, -0.15) is 0 Å². The summed E-state index contributed by atoms with van der Waals surface area (Å²) in [5, 5.41) is 16.3. The Bertz CT molecular complexity index is 502. The van der Waals surface area contributed by atoms with Crippen molar-refractivity contribution < 1.29 is 24.6 Å². The second kappa shape index (κ2) is 31.4. The maximum Gasteiger partial charge on any atom is 0.320 e. The zero-order valence-electron chi connectivity index (χ0n) is 23.9. The van der Waals surface area contributed by atoms with Crippen LogP contribution in [-0.4, -0.2) is 59.6 Å². The Morgan fingerprint density at radius 3 is 1.31 bits per heavy atom. The number of hydrogen-bond donors (Lipinski definition) is 4. The highest BCUT2D eigenvalue weighted by Crippen LogP contribution is 2.13. The molecule has 0 aliphatic heterocycles. The highest BCUT2D eigenvalue weighted by atomic mass is 16.4. The lowest BCUT2D eigenvalue weighted by atomic mass is 10.0. The van der Waals surface area contributed by atoms with Crippen LogP contribution in [0.1, 0.15) is 136 Å². The van der Waals surface area contributed by atoms with Crippen molar-refractivity contribution in [1.82, 2.24) is 4.90 Å². The number of carboxylic acids is 2. The second-order valence-electron chi connectivity index (χ2n) is 9.85. The SMILES string of the molecule is CCCCCCCCCCCCCCCCCC(N)=O.CCCN(C)C.N[C@@H](CCC(=O)O)C(=O)O. The average Bonchev–Trinajstić information content (AvgIpc) is 2.80. The van der Waals surface area contributed by atoms with Gasteiger partial charge in [-0.1, -0.05) is 104 Å². The van der Waals surface area contributed by atoms with Crippen molar-refractivity contribution in [1.29, 1.82) is 0 Å². The van der Waals surface area contributed by atoms with E-state index in [4.69, 9.17) is 21.7 Å². The first-order chi connectivity index (χ1) is 17.1. The summed E-state index contributed by atoms with van der Waals surface area (Å²) in [6.45, 7) is 5.66. The topological polar surface area (TPSA) is 147 Å². The minimum absolute atomic E-state index is 0.0231. The summed E-state index contributed by atoms with van der Waals surface area (Å²) >= 11 is 0. The molecule has 0 radical (unpaired) electrons. The molecule has 0 unspecified atom stereocenters. The maximum atomic E-state index is 10.6. The molecule has 0 bridgehead atoms. The Labute approximate surface area is 221 Å². The van der Waals surface area contributed by atoms with Crippen LogP contribution in [0.3, 0.4) is 0 Å². The number of carbonyl (C=O) groups excluding carboxylic acids is 1. The standard InChI is InChI=1S/C18H37NO.C5H9NO4.C5H13N/c1-2-3-4-5-6-7-8-9-10-11-12-13-14-15-16-17-18(19)20;6-3(5(9)10)1-2-4(7)8;1-4-5-6(2)3/h2-17H2,1H3,(H2,19,20);3H,1-2,6H2,(H,7,8)(H,9,10);4-5H2,1-3H3/t;3-;/m.0./s1. The minimum atomic E-state index is -1.17. The summed E-state index contributed by atoms with van der Waals surface area (Å²) < 4.78 is 0. The quantitative estimate of drug-likeness (QED) is 0.130. The third-order valence-corrected chi connectivity index (χ3v) is 5.68. The molecule has 0 aromatic carbocycles. The van der Waals surface area contributed by atoms with E-state index >= 15 is 0 Å². The summed E-state index contributed by atoms with van der Waals surface area (Å²) in [5.74, 6) is -2.35. The fraction of sp³-hybridized carbons (Fsp3) is 0.893. The van der Waals surface area contributed by atoms with Crippen LogP contribution in [0.4, 0.5) is 0 Å². The summed E-state index contributed by atoms with van der Waals surface area (Å²) in [6.07, 6.45) is 21.9. The van der Waals surface area contributed by atoms with Crippen LogP contribution in [0.5, 0.6) is 0 Å². The highest BCUT2D eigenvalue weighted by molar-refractivity contribution is 5.74. The molecular formula is C28H59N3O5. The Kier molecular flexibility index (Phi) is 33.8. The van der Waals surface area contributed by atoms with Gasteiger partial charge < -0.3 is 26.6 Å². The Hall–Kier alpha value is -1.67. The molecule has 0 aliphatic rings. The van der Waals surface area contributed by atoms with Gasteiger partial charge in [0.1, 0.15) is 6.04 Å². The monoisotopic (exact) mass is 517 g/mol. The van der Waals surface area contributed by atoms with Gasteiger partial charge in [0, 0.05) is 12.8 Å². The van der Waals surface area contributed by atoms with E-state index < -0.39 is 18.0 Å². The number of aliphatic carboxylic acids is 2. The molecule has 0 spiro atoms. The van der Waals surface area contributed by atoms with Crippen molar-refractivity contribution in [3.8, 4) is 0 Å². The Morgan fingerprint density at radius 2 is 1.06 bits per heavy atom. The predicted molar refractivity (Wildman–Crippen MR) is 150 cm³/mol. The van der Waals surface area contributed by atoms with Crippen molar-refractivity contribution in [2.45, 2.75) is 142 Å². The molecule has 0 aliphatic carbocycles. The number of carbonyl (C=O) groups is 3. The zero-order valence-corrected chi connectivity index (χ0v) is 23.9. The largest absolute Gasteiger partial charge is 0.481 e. The minimum Gasteiger partial charge on any atom is -0.481 e. The van der Waals surface area contributed by atoms with Crippen LogP contribution in [0.15, 0.2) is 0 Å². The van der Waals surface area contributed by atoms with Crippen LogP contribution in [-0.2, 0) is 14.4 Å². The summed E-state index contributed by atoms with van der Waals surface area (Å²) in [4.78, 5) is 32.6. The van der Waals surface area contributed by atoms with Crippen LogP contribution in [0, 0.1) is 0 Å². The van der Waals surface area contributed by atoms with E-state index in [2.05, 4.69) is 32.8 Å². The van der Waals surface area contributed by atoms with Crippen molar-refractivity contribution in [2.75, 3.05) is 20.6 Å². The number of unbranched alkanes of at least 4 members (excludes halogenated alkanes) is 14. The van der Waals surface area contributed by atoms with Gasteiger partial charge in [0.05, 0.1) is 0 Å². The number of nitrogens with two attached hydrogens (primary N) is 2. The molecule has 6 N–H and O–H groups in total. The molecule has 0 aromatic heterocycles. The number of primary amides is 1. The van der Waals surface area contributed by atoms with Crippen LogP contribution in [0.25, 0.3) is 0 Å². The van der Waals surface area contributed by atoms with Crippen molar-refractivity contribution in [3.05, 3.63) is 0 Å². The highest BCUT2D eigenvalue weighted by Gasteiger charge is 2.12. The van der Waals surface area contributed by atoms with Gasteiger partial charge in [0.15, 0.2) is 0 Å². The van der Waals surface area contributed by atoms with E-state index in [-0.39, 0.29) is 18.7 Å². The lowest BCUT2D eigenvalue weighted by molar-refractivity contribution is -0.139. The number of rotatable bonds is 22. The van der Waals surface area contributed by atoms with Crippen LogP contribution < -0.4 is 11.5 Å². The number of amides is 1. The third kappa shape index (κ3) is 42.5. The molecule has 36 heavy (non-hydrogen) atoms. The molecule has 216 valence electrons. The average molecular weight is 518 g/mol. The molecule has 0 saturated carbocycles. The molecule has 0 fully saturated rings. The molecular weight excluding hydrogens is 458 g/mol. The number of carboxylic acid groups (broad SMARTS) is 2. The van der Waals surface area contributed by atoms with Gasteiger partial charge in [-0.3, -0.25) is 14.4 Å². The van der Waals surface area contributed by atoms with Crippen molar-refractivity contribution in [3.63, 3.8) is 0 Å². The fourth-order valence-corrected chi connectivity index (χ4v) is 3.52. The molecule has 1 atom stereocenters. The molecule has 0 heterocycles. The number of nitrogens with zero attached hydrogens (tertiary/aromatic N) is 1. The van der Waals surface area contributed by atoms with Crippen LogP contribution >= 0.6 is 0 Å². The molecule has 8 heteroatoms. The van der Waals surface area contributed by atoms with Gasteiger partial charge in [0.2, 0.25) is 5.91 Å². The number of hydrogen-bond acceptors (Lipinski definition) is 5. The maximum absolute atomic E-state index is 10.6. The molecule has 0 rings (SSSR count). The van der Waals surface area contributed by atoms with Gasteiger partial charge in [0.25, 0.3) is 0 Å². The predicted octanol–water partition coefficient (Wildman–Crippen LogP) is 5.95. The van der Waals surface area contributed by atoms with Gasteiger partial charge in [-0.25, -0.2) is 0 Å². The van der Waals surface area contributed by atoms with Gasteiger partial charge in [-0.05, 0) is 39.9 Å². The Balaban J connectivity index is -0.000000561. The summed E-state index contributed by atoms with van der Waals surface area (Å²) in [7, 11) is 4.17. The Morgan fingerprint density at radius 1 is 0.667 bits per heavy atom. The van der Waals surface area contributed by atoms with E-state index in [0.29, 0.717) is 6.42 Å². The smallest absolute Gasteiger partial charge is 0.320 e. The molecule has 0 saturated heterocycles. The summed E-state index contributed by atoms with van der Waals surface area (Å²) in [5.41, 5.74) is 10.1. The van der Waals surface area contributed by atoms with E-state index in [1.54, 1.807) is 0 Å². The van der Waals surface area contributed by atoms with E-state index in [0.717, 1.165) is 6.42 Å². The normalized spacial score (nSPS) is 11.2. The van der Waals surface area contributed by atoms with E-state index in [1.165, 1.54) is 103 Å². The second-order valence-corrected chi connectivity index (χ2v) is 9.85. The molecule has 1 amide bonds.